The summed E-state index contributed by atoms with van der Waals surface area (Å²) >= 11 is 5.35. The number of rotatable bonds is 11. The quantitative estimate of drug-likeness (QED) is 0.257. The number of H-pyrrole nitrogens is 1. The average molecular weight is 452 g/mol. The third-order valence-electron chi connectivity index (χ3n) is 5.30. The Kier molecular flexibility index (Phi) is 8.39. The van der Waals surface area contributed by atoms with Crippen LogP contribution in [0.5, 0.6) is 5.75 Å². The lowest BCUT2D eigenvalue weighted by Crippen LogP contribution is -2.26. The van der Waals surface area contributed by atoms with Crippen LogP contribution in [0.4, 0.5) is 0 Å². The molecule has 0 radical (unpaired) electrons. The first-order valence-electron chi connectivity index (χ1n) is 10.8. The number of nitrogens with zero attached hydrogens (tertiary/aromatic N) is 2. The summed E-state index contributed by atoms with van der Waals surface area (Å²) in [5.74, 6) is 0.894. The van der Waals surface area contributed by atoms with Gasteiger partial charge in [-0.05, 0) is 54.9 Å². The van der Waals surface area contributed by atoms with Crippen molar-refractivity contribution in [1.82, 2.24) is 14.5 Å². The normalized spacial score (nSPS) is 10.8. The van der Waals surface area contributed by atoms with Gasteiger partial charge in [-0.3, -0.25) is 14.2 Å². The molecular formula is C25H29N3O3S. The van der Waals surface area contributed by atoms with E-state index >= 15 is 0 Å². The van der Waals surface area contributed by atoms with E-state index in [1.165, 1.54) is 0 Å². The Morgan fingerprint density at radius 3 is 2.66 bits per heavy atom. The summed E-state index contributed by atoms with van der Waals surface area (Å²) < 4.78 is 7.52. The van der Waals surface area contributed by atoms with Crippen LogP contribution >= 0.6 is 12.2 Å². The van der Waals surface area contributed by atoms with E-state index in [4.69, 9.17) is 17.0 Å². The van der Waals surface area contributed by atoms with Gasteiger partial charge in [0.15, 0.2) is 4.77 Å². The molecule has 3 aromatic rings. The molecule has 0 bridgehead atoms. The first-order chi connectivity index (χ1) is 15.5. The third kappa shape index (κ3) is 6.17. The lowest BCUT2D eigenvalue weighted by atomic mass is 10.1. The van der Waals surface area contributed by atoms with Gasteiger partial charge in [-0.2, -0.15) is 0 Å². The molecule has 0 saturated carbocycles. The highest BCUT2D eigenvalue weighted by Gasteiger charge is 2.10. The van der Waals surface area contributed by atoms with Crippen LogP contribution in [0.2, 0.25) is 0 Å². The summed E-state index contributed by atoms with van der Waals surface area (Å²) in [6, 6.07) is 15.1. The largest absolute Gasteiger partial charge is 0.490 e. The highest BCUT2D eigenvalue weighted by Crippen LogP contribution is 2.14. The number of aromatic nitrogens is 2. The molecule has 0 fully saturated rings. The number of carbonyl (C=O) groups excluding carboxylic acids is 1. The van der Waals surface area contributed by atoms with E-state index in [1.54, 1.807) is 21.6 Å². The minimum atomic E-state index is -0.0685. The van der Waals surface area contributed by atoms with Crippen LogP contribution in [0.25, 0.3) is 10.9 Å². The fourth-order valence-corrected chi connectivity index (χ4v) is 3.81. The molecule has 6 nitrogen and oxygen atoms in total. The smallest absolute Gasteiger partial charge is 0.262 e. The van der Waals surface area contributed by atoms with E-state index in [0.29, 0.717) is 36.3 Å². The van der Waals surface area contributed by atoms with Crippen LogP contribution in [0.1, 0.15) is 31.2 Å². The van der Waals surface area contributed by atoms with Gasteiger partial charge in [-0.15, -0.1) is 0 Å². The molecule has 7 heteroatoms. The Balaban J connectivity index is 1.43. The zero-order valence-corrected chi connectivity index (χ0v) is 19.2. The molecule has 32 heavy (non-hydrogen) atoms. The Labute approximate surface area is 193 Å². The maximum absolute atomic E-state index is 12.7. The zero-order valence-electron chi connectivity index (χ0n) is 18.4. The highest BCUT2D eigenvalue weighted by atomic mass is 32.1. The molecular weight excluding hydrogens is 422 g/mol. The Bertz CT molecular complexity index is 1180. The standard InChI is InChI=1S/C25H29N3O3S/c1-3-17-31-20-14-12-19(13-15-20)18-27(2)23(29)11-5-4-8-16-28-24(30)21-9-6-7-10-22(21)26-25(28)32/h3,6-7,9-10,12-15H,1,4-5,8,11,16-18H2,2H3,(H,26,32). The maximum atomic E-state index is 12.7. The molecule has 1 N–H and O–H groups in total. The molecule has 1 aromatic heterocycles. The van der Waals surface area contributed by atoms with Crippen LogP contribution in [0.15, 0.2) is 66.0 Å². The number of aromatic amines is 1. The van der Waals surface area contributed by atoms with E-state index in [0.717, 1.165) is 36.1 Å². The number of para-hydroxylation sites is 1. The predicted molar refractivity (Wildman–Crippen MR) is 130 cm³/mol. The van der Waals surface area contributed by atoms with E-state index in [9.17, 15) is 9.59 Å². The summed E-state index contributed by atoms with van der Waals surface area (Å²) in [7, 11) is 1.82. The van der Waals surface area contributed by atoms with Gasteiger partial charge in [0, 0.05) is 26.6 Å². The van der Waals surface area contributed by atoms with Crippen LogP contribution in [0.3, 0.4) is 0 Å². The molecule has 1 heterocycles. The van der Waals surface area contributed by atoms with Crippen molar-refractivity contribution in [2.75, 3.05) is 13.7 Å². The minimum absolute atomic E-state index is 0.0685. The molecule has 0 atom stereocenters. The molecule has 0 aliphatic rings. The topological polar surface area (TPSA) is 67.3 Å². The van der Waals surface area contributed by atoms with Gasteiger partial charge in [-0.1, -0.05) is 43.3 Å². The van der Waals surface area contributed by atoms with Gasteiger partial charge in [0.25, 0.3) is 5.56 Å². The summed E-state index contributed by atoms with van der Waals surface area (Å²) in [5, 5.41) is 0.637. The summed E-state index contributed by atoms with van der Waals surface area (Å²) in [5.41, 5.74) is 1.74. The van der Waals surface area contributed by atoms with Crippen LogP contribution < -0.4 is 10.3 Å². The number of amides is 1. The number of ether oxygens (including phenoxy) is 1. The summed E-state index contributed by atoms with van der Waals surface area (Å²) in [4.78, 5) is 30.0. The molecule has 0 aliphatic carbocycles. The van der Waals surface area contributed by atoms with Gasteiger partial charge < -0.3 is 14.6 Å². The second kappa shape index (κ2) is 11.4. The summed E-state index contributed by atoms with van der Waals surface area (Å²) in [6.45, 7) is 5.21. The van der Waals surface area contributed by atoms with Gasteiger partial charge in [-0.25, -0.2) is 0 Å². The minimum Gasteiger partial charge on any atom is -0.490 e. The van der Waals surface area contributed by atoms with Gasteiger partial charge in [0.05, 0.1) is 10.9 Å². The lowest BCUT2D eigenvalue weighted by Gasteiger charge is -2.17. The predicted octanol–water partition coefficient (Wildman–Crippen LogP) is 4.84. The van der Waals surface area contributed by atoms with Crippen molar-refractivity contribution in [2.45, 2.75) is 38.8 Å². The number of unbranched alkanes of at least 4 members (excludes halogenated alkanes) is 2. The van der Waals surface area contributed by atoms with Crippen LogP contribution in [-0.4, -0.2) is 34.0 Å². The fraction of sp³-hybridized carbons (Fsp3) is 0.320. The second-order valence-electron chi connectivity index (χ2n) is 7.74. The van der Waals surface area contributed by atoms with Crippen molar-refractivity contribution >= 4 is 29.0 Å². The van der Waals surface area contributed by atoms with Crippen molar-refractivity contribution in [3.05, 3.63) is 81.9 Å². The second-order valence-corrected chi connectivity index (χ2v) is 8.12. The molecule has 168 valence electrons. The van der Waals surface area contributed by atoms with Crippen LogP contribution in [-0.2, 0) is 17.9 Å². The average Bonchev–Trinajstić information content (AvgIpc) is 2.80. The Morgan fingerprint density at radius 2 is 1.91 bits per heavy atom. The zero-order chi connectivity index (χ0) is 22.9. The maximum Gasteiger partial charge on any atom is 0.262 e. The highest BCUT2D eigenvalue weighted by molar-refractivity contribution is 7.71. The van der Waals surface area contributed by atoms with Crippen molar-refractivity contribution < 1.29 is 9.53 Å². The first-order valence-corrected chi connectivity index (χ1v) is 11.2. The number of benzene rings is 2. The van der Waals surface area contributed by atoms with E-state index in [2.05, 4.69) is 11.6 Å². The monoisotopic (exact) mass is 451 g/mol. The molecule has 0 aliphatic heterocycles. The van der Waals surface area contributed by atoms with Gasteiger partial charge in [0.1, 0.15) is 12.4 Å². The van der Waals surface area contributed by atoms with Crippen molar-refractivity contribution in [3.8, 4) is 5.75 Å². The van der Waals surface area contributed by atoms with E-state index < -0.39 is 0 Å². The number of hydrogen-bond acceptors (Lipinski definition) is 4. The molecule has 1 amide bonds. The SMILES string of the molecule is C=CCOc1ccc(CN(C)C(=O)CCCCCn2c(=S)[nH]c3ccccc3c2=O)cc1. The van der Waals surface area contributed by atoms with E-state index in [1.807, 2.05) is 49.5 Å². The molecule has 0 saturated heterocycles. The van der Waals surface area contributed by atoms with Crippen molar-refractivity contribution in [2.24, 2.45) is 0 Å². The lowest BCUT2D eigenvalue weighted by molar-refractivity contribution is -0.130. The number of hydrogen-bond donors (Lipinski definition) is 1. The molecule has 0 unspecified atom stereocenters. The Hall–Kier alpha value is -3.19. The molecule has 3 rings (SSSR count). The van der Waals surface area contributed by atoms with Crippen molar-refractivity contribution in [1.29, 1.82) is 0 Å². The van der Waals surface area contributed by atoms with Crippen LogP contribution in [0, 0.1) is 4.77 Å². The first kappa shape index (κ1) is 23.5. The van der Waals surface area contributed by atoms with Gasteiger partial charge in [0.2, 0.25) is 5.91 Å². The number of carbonyl (C=O) groups is 1. The Morgan fingerprint density at radius 1 is 1.16 bits per heavy atom. The molecule has 2 aromatic carbocycles. The number of nitrogens with one attached hydrogen (secondary N) is 1. The summed E-state index contributed by atoms with van der Waals surface area (Å²) in [6.07, 6.45) is 4.60. The third-order valence-corrected chi connectivity index (χ3v) is 5.62. The van der Waals surface area contributed by atoms with Gasteiger partial charge >= 0.3 is 0 Å². The number of fused-ring (bicyclic) bond motifs is 1. The fourth-order valence-electron chi connectivity index (χ4n) is 3.52. The van der Waals surface area contributed by atoms with Crippen molar-refractivity contribution in [3.63, 3.8) is 0 Å². The van der Waals surface area contributed by atoms with E-state index in [-0.39, 0.29) is 11.5 Å². The molecule has 0 spiro atoms.